The molecular formula is C19H24N4O2S. The van der Waals surface area contributed by atoms with Gasteiger partial charge in [0.15, 0.2) is 0 Å². The van der Waals surface area contributed by atoms with Gasteiger partial charge in [0.05, 0.1) is 31.0 Å². The fourth-order valence-electron chi connectivity index (χ4n) is 3.61. The van der Waals surface area contributed by atoms with Crippen molar-refractivity contribution in [2.75, 3.05) is 37.7 Å². The number of anilines is 1. The standard InChI is InChI=1S/C19H24N4O2S/c1-2-3-15-10-14(12-26-15)19(24)23-5-4-16-17(11-23)20-13-21-18(16)22-6-8-25-9-7-22/h10,12-13H,2-9,11H2,1H3. The number of aromatic nitrogens is 2. The summed E-state index contributed by atoms with van der Waals surface area (Å²) in [6.45, 7) is 6.64. The Morgan fingerprint density at radius 3 is 2.92 bits per heavy atom. The number of aryl methyl sites for hydroxylation is 1. The number of carbonyl (C=O) groups excluding carboxylic acids is 1. The summed E-state index contributed by atoms with van der Waals surface area (Å²) < 4.78 is 5.45. The highest BCUT2D eigenvalue weighted by atomic mass is 32.1. The van der Waals surface area contributed by atoms with Gasteiger partial charge < -0.3 is 14.5 Å². The summed E-state index contributed by atoms with van der Waals surface area (Å²) in [5.74, 6) is 1.13. The lowest BCUT2D eigenvalue weighted by atomic mass is 10.0. The Hall–Kier alpha value is -1.99. The smallest absolute Gasteiger partial charge is 0.255 e. The van der Waals surface area contributed by atoms with Crippen molar-refractivity contribution >= 4 is 23.1 Å². The van der Waals surface area contributed by atoms with Crippen molar-refractivity contribution in [3.63, 3.8) is 0 Å². The van der Waals surface area contributed by atoms with Gasteiger partial charge in [-0.25, -0.2) is 9.97 Å². The number of hydrogen-bond donors (Lipinski definition) is 0. The number of carbonyl (C=O) groups is 1. The van der Waals surface area contributed by atoms with Crippen LogP contribution in [0.4, 0.5) is 5.82 Å². The van der Waals surface area contributed by atoms with Crippen LogP contribution in [0.25, 0.3) is 0 Å². The summed E-state index contributed by atoms with van der Waals surface area (Å²) in [6, 6.07) is 2.05. The summed E-state index contributed by atoms with van der Waals surface area (Å²) in [5, 5.41) is 1.99. The van der Waals surface area contributed by atoms with Crippen LogP contribution in [0, 0.1) is 0 Å². The zero-order chi connectivity index (χ0) is 17.9. The van der Waals surface area contributed by atoms with Crippen LogP contribution < -0.4 is 4.90 Å². The molecule has 0 atom stereocenters. The minimum absolute atomic E-state index is 0.112. The SMILES string of the molecule is CCCc1cc(C(=O)N2CCc3c(ncnc3N3CCOCC3)C2)cs1. The molecule has 0 spiro atoms. The lowest BCUT2D eigenvalue weighted by molar-refractivity contribution is 0.0732. The number of morpholine rings is 1. The van der Waals surface area contributed by atoms with Crippen LogP contribution in [0.5, 0.6) is 0 Å². The van der Waals surface area contributed by atoms with E-state index in [1.807, 2.05) is 16.3 Å². The Morgan fingerprint density at radius 2 is 2.12 bits per heavy atom. The van der Waals surface area contributed by atoms with Gasteiger partial charge in [-0.2, -0.15) is 0 Å². The highest BCUT2D eigenvalue weighted by Crippen LogP contribution is 2.27. The van der Waals surface area contributed by atoms with E-state index in [1.165, 1.54) is 10.4 Å². The molecule has 4 heterocycles. The molecule has 0 saturated carbocycles. The molecule has 1 amide bonds. The van der Waals surface area contributed by atoms with Gasteiger partial charge >= 0.3 is 0 Å². The quantitative estimate of drug-likeness (QED) is 0.825. The van der Waals surface area contributed by atoms with Crippen LogP contribution in [0.3, 0.4) is 0 Å². The van der Waals surface area contributed by atoms with Gasteiger partial charge in [0, 0.05) is 35.5 Å². The van der Waals surface area contributed by atoms with Crippen LogP contribution in [0.2, 0.25) is 0 Å². The van der Waals surface area contributed by atoms with Gasteiger partial charge in [-0.1, -0.05) is 13.3 Å². The van der Waals surface area contributed by atoms with Crippen LogP contribution in [0.1, 0.15) is 39.8 Å². The zero-order valence-corrected chi connectivity index (χ0v) is 15.9. The number of rotatable bonds is 4. The van der Waals surface area contributed by atoms with E-state index < -0.39 is 0 Å². The van der Waals surface area contributed by atoms with E-state index in [0.29, 0.717) is 6.54 Å². The van der Waals surface area contributed by atoms with Crippen molar-refractivity contribution in [3.05, 3.63) is 39.5 Å². The molecule has 0 aliphatic carbocycles. The number of amides is 1. The number of fused-ring (bicyclic) bond motifs is 1. The van der Waals surface area contributed by atoms with Gasteiger partial charge in [0.1, 0.15) is 12.1 Å². The number of hydrogen-bond acceptors (Lipinski definition) is 6. The highest BCUT2D eigenvalue weighted by molar-refractivity contribution is 7.10. The summed E-state index contributed by atoms with van der Waals surface area (Å²) in [5.41, 5.74) is 2.98. The molecule has 2 aromatic heterocycles. The zero-order valence-electron chi connectivity index (χ0n) is 15.1. The molecule has 0 unspecified atom stereocenters. The predicted octanol–water partition coefficient (Wildman–Crippen LogP) is 2.53. The minimum Gasteiger partial charge on any atom is -0.378 e. The first kappa shape index (κ1) is 17.4. The normalized spacial score (nSPS) is 17.3. The van der Waals surface area contributed by atoms with Crippen LogP contribution in [0.15, 0.2) is 17.8 Å². The van der Waals surface area contributed by atoms with E-state index in [0.717, 1.165) is 69.2 Å². The van der Waals surface area contributed by atoms with E-state index >= 15 is 0 Å². The van der Waals surface area contributed by atoms with Crippen LogP contribution in [-0.2, 0) is 24.1 Å². The van der Waals surface area contributed by atoms with Gasteiger partial charge in [0.25, 0.3) is 5.91 Å². The fourth-order valence-corrected chi connectivity index (χ4v) is 4.58. The maximum absolute atomic E-state index is 12.9. The minimum atomic E-state index is 0.112. The second kappa shape index (κ2) is 7.72. The van der Waals surface area contributed by atoms with Gasteiger partial charge in [0.2, 0.25) is 0 Å². The van der Waals surface area contributed by atoms with Crippen molar-refractivity contribution in [2.24, 2.45) is 0 Å². The number of thiophene rings is 1. The maximum atomic E-state index is 12.9. The molecule has 6 nitrogen and oxygen atoms in total. The monoisotopic (exact) mass is 372 g/mol. The first-order valence-electron chi connectivity index (χ1n) is 9.28. The average molecular weight is 372 g/mol. The van der Waals surface area contributed by atoms with Gasteiger partial charge in [-0.15, -0.1) is 11.3 Å². The third kappa shape index (κ3) is 3.46. The van der Waals surface area contributed by atoms with Gasteiger partial charge in [-0.3, -0.25) is 4.79 Å². The molecule has 1 fully saturated rings. The van der Waals surface area contributed by atoms with E-state index in [4.69, 9.17) is 4.74 Å². The Labute approximate surface area is 157 Å². The van der Waals surface area contributed by atoms with E-state index in [9.17, 15) is 4.79 Å². The summed E-state index contributed by atoms with van der Waals surface area (Å²) >= 11 is 1.68. The van der Waals surface area contributed by atoms with E-state index in [2.05, 4.69) is 21.8 Å². The maximum Gasteiger partial charge on any atom is 0.255 e. The van der Waals surface area contributed by atoms with Crippen LogP contribution in [-0.4, -0.2) is 53.6 Å². The molecule has 2 aromatic rings. The number of nitrogens with zero attached hydrogens (tertiary/aromatic N) is 4. The molecule has 0 N–H and O–H groups in total. The summed E-state index contributed by atoms with van der Waals surface area (Å²) in [4.78, 5) is 27.3. The molecule has 2 aliphatic heterocycles. The second-order valence-electron chi connectivity index (χ2n) is 6.75. The lowest BCUT2D eigenvalue weighted by Crippen LogP contribution is -2.40. The molecule has 0 bridgehead atoms. The van der Waals surface area contributed by atoms with E-state index in [-0.39, 0.29) is 5.91 Å². The van der Waals surface area contributed by atoms with E-state index in [1.54, 1.807) is 17.7 Å². The van der Waals surface area contributed by atoms with Crippen molar-refractivity contribution in [3.8, 4) is 0 Å². The molecule has 7 heteroatoms. The topological polar surface area (TPSA) is 58.6 Å². The Kier molecular flexibility index (Phi) is 5.17. The molecule has 0 radical (unpaired) electrons. The molecule has 0 aromatic carbocycles. The Bertz CT molecular complexity index is 786. The van der Waals surface area contributed by atoms with Crippen LogP contribution >= 0.6 is 11.3 Å². The molecule has 26 heavy (non-hydrogen) atoms. The lowest BCUT2D eigenvalue weighted by Gasteiger charge is -2.33. The predicted molar refractivity (Wildman–Crippen MR) is 102 cm³/mol. The van der Waals surface area contributed by atoms with Gasteiger partial charge in [-0.05, 0) is 18.9 Å². The Balaban J connectivity index is 1.51. The molecule has 2 aliphatic rings. The van der Waals surface area contributed by atoms with Crippen molar-refractivity contribution in [1.82, 2.24) is 14.9 Å². The first-order chi connectivity index (χ1) is 12.8. The second-order valence-corrected chi connectivity index (χ2v) is 7.75. The molecule has 138 valence electrons. The highest BCUT2D eigenvalue weighted by Gasteiger charge is 2.27. The van der Waals surface area contributed by atoms with Crippen molar-refractivity contribution in [2.45, 2.75) is 32.7 Å². The first-order valence-corrected chi connectivity index (χ1v) is 10.2. The number of ether oxygens (including phenoxy) is 1. The molecular weight excluding hydrogens is 348 g/mol. The van der Waals surface area contributed by atoms with Crippen molar-refractivity contribution < 1.29 is 9.53 Å². The average Bonchev–Trinajstić information content (AvgIpc) is 3.16. The van der Waals surface area contributed by atoms with Crippen molar-refractivity contribution in [1.29, 1.82) is 0 Å². The fraction of sp³-hybridized carbons (Fsp3) is 0.526. The molecule has 1 saturated heterocycles. The molecule has 4 rings (SSSR count). The third-order valence-corrected chi connectivity index (χ3v) is 5.98. The third-order valence-electron chi connectivity index (χ3n) is 4.98. The Morgan fingerprint density at radius 1 is 1.27 bits per heavy atom. The summed E-state index contributed by atoms with van der Waals surface area (Å²) in [7, 11) is 0. The largest absolute Gasteiger partial charge is 0.378 e. The summed E-state index contributed by atoms with van der Waals surface area (Å²) in [6.07, 6.45) is 4.57.